The maximum Gasteiger partial charge on any atom is 0.259 e. The summed E-state index contributed by atoms with van der Waals surface area (Å²) in [5, 5.41) is 5.61. The number of carbonyl (C=O) groups excluding carboxylic acids is 1. The quantitative estimate of drug-likeness (QED) is 0.634. The molecular formula is C24H26ClN3O2. The number of benzene rings is 3. The van der Waals surface area contributed by atoms with E-state index in [0.29, 0.717) is 22.0 Å². The first-order valence-electron chi connectivity index (χ1n) is 10.2. The average Bonchev–Trinajstić information content (AvgIpc) is 2.78. The fourth-order valence-corrected chi connectivity index (χ4v) is 4.21. The molecule has 0 unspecified atom stereocenters. The molecule has 0 spiro atoms. The lowest BCUT2D eigenvalue weighted by Gasteiger charge is -2.36. The molecule has 0 bridgehead atoms. The van der Waals surface area contributed by atoms with Crippen molar-refractivity contribution < 1.29 is 9.53 Å². The molecule has 0 aromatic heterocycles. The number of carbonyl (C=O) groups is 1. The molecule has 30 heavy (non-hydrogen) atoms. The lowest BCUT2D eigenvalue weighted by atomic mass is 10.1. The molecule has 0 radical (unpaired) electrons. The lowest BCUT2D eigenvalue weighted by Crippen LogP contribution is -2.46. The summed E-state index contributed by atoms with van der Waals surface area (Å²) >= 11 is 6.57. The van der Waals surface area contributed by atoms with E-state index in [-0.39, 0.29) is 5.91 Å². The number of halogens is 1. The predicted molar refractivity (Wildman–Crippen MR) is 124 cm³/mol. The molecule has 1 N–H and O–H groups in total. The van der Waals surface area contributed by atoms with Crippen molar-refractivity contribution in [2.45, 2.75) is 6.92 Å². The van der Waals surface area contributed by atoms with Crippen LogP contribution in [0.3, 0.4) is 0 Å². The summed E-state index contributed by atoms with van der Waals surface area (Å²) in [7, 11) is 1.57. The number of amides is 1. The van der Waals surface area contributed by atoms with Crippen LogP contribution in [-0.2, 0) is 0 Å². The van der Waals surface area contributed by atoms with Gasteiger partial charge in [0.2, 0.25) is 0 Å². The van der Waals surface area contributed by atoms with Gasteiger partial charge < -0.3 is 19.9 Å². The number of hydrogen-bond acceptors (Lipinski definition) is 4. The molecule has 1 saturated heterocycles. The third-order valence-corrected chi connectivity index (χ3v) is 5.98. The van der Waals surface area contributed by atoms with Crippen LogP contribution in [0, 0.1) is 0 Å². The van der Waals surface area contributed by atoms with Crippen molar-refractivity contribution in [3.05, 3.63) is 65.2 Å². The van der Waals surface area contributed by atoms with Gasteiger partial charge in [0.1, 0.15) is 5.75 Å². The van der Waals surface area contributed by atoms with Crippen LogP contribution in [0.2, 0.25) is 5.02 Å². The maximum absolute atomic E-state index is 13.0. The maximum atomic E-state index is 13.0. The van der Waals surface area contributed by atoms with Gasteiger partial charge >= 0.3 is 0 Å². The van der Waals surface area contributed by atoms with Gasteiger partial charge in [-0.05, 0) is 47.6 Å². The van der Waals surface area contributed by atoms with E-state index in [4.69, 9.17) is 16.3 Å². The Kier molecular flexibility index (Phi) is 6.11. The molecule has 1 aliphatic rings. The summed E-state index contributed by atoms with van der Waals surface area (Å²) in [6.45, 7) is 7.23. The fraction of sp³-hybridized carbons (Fsp3) is 0.292. The molecule has 1 heterocycles. The third-order valence-electron chi connectivity index (χ3n) is 5.68. The van der Waals surface area contributed by atoms with Crippen molar-refractivity contribution >= 4 is 39.7 Å². The number of fused-ring (bicyclic) bond motifs is 1. The van der Waals surface area contributed by atoms with Crippen LogP contribution in [-0.4, -0.2) is 50.6 Å². The van der Waals surface area contributed by atoms with Gasteiger partial charge in [-0.25, -0.2) is 0 Å². The molecule has 0 aliphatic carbocycles. The molecule has 5 nitrogen and oxygen atoms in total. The molecule has 156 valence electrons. The number of methoxy groups -OCH3 is 1. The normalized spacial score (nSPS) is 14.7. The van der Waals surface area contributed by atoms with Gasteiger partial charge in [-0.1, -0.05) is 42.8 Å². The van der Waals surface area contributed by atoms with Crippen LogP contribution in [0.4, 0.5) is 11.4 Å². The highest BCUT2D eigenvalue weighted by molar-refractivity contribution is 6.33. The van der Waals surface area contributed by atoms with Gasteiger partial charge in [0.15, 0.2) is 0 Å². The van der Waals surface area contributed by atoms with Gasteiger partial charge in [0.25, 0.3) is 5.91 Å². The minimum Gasteiger partial charge on any atom is -0.496 e. The van der Waals surface area contributed by atoms with Gasteiger partial charge in [0, 0.05) is 31.9 Å². The predicted octanol–water partition coefficient (Wildman–Crippen LogP) is 4.90. The molecule has 4 rings (SSSR count). The second-order valence-electron chi connectivity index (χ2n) is 7.44. The second kappa shape index (κ2) is 8.94. The summed E-state index contributed by atoms with van der Waals surface area (Å²) in [6.07, 6.45) is 0. The van der Waals surface area contributed by atoms with Crippen molar-refractivity contribution in [2.24, 2.45) is 0 Å². The summed E-state index contributed by atoms with van der Waals surface area (Å²) in [4.78, 5) is 17.7. The van der Waals surface area contributed by atoms with Crippen LogP contribution in [0.15, 0.2) is 54.6 Å². The van der Waals surface area contributed by atoms with E-state index < -0.39 is 0 Å². The summed E-state index contributed by atoms with van der Waals surface area (Å²) in [5.74, 6) is 0.320. The third kappa shape index (κ3) is 4.23. The molecule has 0 atom stereocenters. The zero-order chi connectivity index (χ0) is 21.1. The van der Waals surface area contributed by atoms with Crippen LogP contribution in [0.1, 0.15) is 17.3 Å². The van der Waals surface area contributed by atoms with Crippen LogP contribution >= 0.6 is 11.6 Å². The largest absolute Gasteiger partial charge is 0.496 e. The smallest absolute Gasteiger partial charge is 0.259 e. The SMILES string of the molecule is CCN1CCN(c2ccc(NC(=O)c3cc4ccccc4cc3OC)cc2Cl)CC1. The number of hydrogen-bond donors (Lipinski definition) is 1. The molecule has 1 amide bonds. The molecular weight excluding hydrogens is 398 g/mol. The van der Waals surface area contributed by atoms with E-state index in [1.165, 1.54) is 0 Å². The van der Waals surface area contributed by atoms with E-state index in [1.807, 2.05) is 54.6 Å². The number of likely N-dealkylation sites (N-methyl/N-ethyl adjacent to an activating group) is 1. The molecule has 1 fully saturated rings. The van der Waals surface area contributed by atoms with E-state index in [0.717, 1.165) is 49.2 Å². The van der Waals surface area contributed by atoms with Crippen molar-refractivity contribution in [3.63, 3.8) is 0 Å². The number of nitrogens with one attached hydrogen (secondary N) is 1. The number of anilines is 2. The Balaban J connectivity index is 1.53. The van der Waals surface area contributed by atoms with Crippen LogP contribution in [0.25, 0.3) is 10.8 Å². The van der Waals surface area contributed by atoms with E-state index >= 15 is 0 Å². The van der Waals surface area contributed by atoms with Gasteiger partial charge in [0.05, 0.1) is 23.4 Å². The van der Waals surface area contributed by atoms with Crippen LogP contribution < -0.4 is 15.0 Å². The number of nitrogens with zero attached hydrogens (tertiary/aromatic N) is 2. The minimum atomic E-state index is -0.224. The first-order valence-corrected chi connectivity index (χ1v) is 10.6. The summed E-state index contributed by atoms with van der Waals surface area (Å²) in [6, 6.07) is 17.3. The van der Waals surface area contributed by atoms with E-state index in [1.54, 1.807) is 7.11 Å². The fourth-order valence-electron chi connectivity index (χ4n) is 3.91. The monoisotopic (exact) mass is 423 g/mol. The Labute approximate surface area is 182 Å². The molecule has 0 saturated carbocycles. The highest BCUT2D eigenvalue weighted by Gasteiger charge is 2.19. The standard InChI is InChI=1S/C24H26ClN3O2/c1-3-27-10-12-28(13-11-27)22-9-8-19(16-21(22)25)26-24(29)20-14-17-6-4-5-7-18(17)15-23(20)30-2/h4-9,14-16H,3,10-13H2,1-2H3,(H,26,29). The van der Waals surface area contributed by atoms with Gasteiger partial charge in [-0.15, -0.1) is 0 Å². The van der Waals surface area contributed by atoms with Crippen molar-refractivity contribution in [3.8, 4) is 5.75 Å². The number of rotatable bonds is 5. The summed E-state index contributed by atoms with van der Waals surface area (Å²) in [5.41, 5.74) is 2.16. The minimum absolute atomic E-state index is 0.224. The van der Waals surface area contributed by atoms with Crippen molar-refractivity contribution in [2.75, 3.05) is 50.1 Å². The second-order valence-corrected chi connectivity index (χ2v) is 7.85. The first-order chi connectivity index (χ1) is 14.6. The topological polar surface area (TPSA) is 44.8 Å². The molecule has 6 heteroatoms. The molecule has 3 aromatic carbocycles. The molecule has 1 aliphatic heterocycles. The Morgan fingerprint density at radius 3 is 2.37 bits per heavy atom. The van der Waals surface area contributed by atoms with Gasteiger partial charge in [-0.3, -0.25) is 4.79 Å². The van der Waals surface area contributed by atoms with Gasteiger partial charge in [-0.2, -0.15) is 0 Å². The Morgan fingerprint density at radius 2 is 1.73 bits per heavy atom. The van der Waals surface area contributed by atoms with Crippen molar-refractivity contribution in [1.82, 2.24) is 4.90 Å². The zero-order valence-electron chi connectivity index (χ0n) is 17.3. The Hall–Kier alpha value is -2.76. The van der Waals surface area contributed by atoms with E-state index in [2.05, 4.69) is 22.0 Å². The number of piperazine rings is 1. The van der Waals surface area contributed by atoms with Crippen LogP contribution in [0.5, 0.6) is 5.75 Å². The number of ether oxygens (including phenoxy) is 1. The first kappa shape index (κ1) is 20.5. The highest BCUT2D eigenvalue weighted by atomic mass is 35.5. The van der Waals surface area contributed by atoms with Crippen molar-refractivity contribution in [1.29, 1.82) is 0 Å². The Morgan fingerprint density at radius 1 is 1.03 bits per heavy atom. The Bertz CT molecular complexity index is 1060. The lowest BCUT2D eigenvalue weighted by molar-refractivity contribution is 0.102. The zero-order valence-corrected chi connectivity index (χ0v) is 18.1. The molecule has 3 aromatic rings. The summed E-state index contributed by atoms with van der Waals surface area (Å²) < 4.78 is 5.45. The van der Waals surface area contributed by atoms with E-state index in [9.17, 15) is 4.79 Å². The average molecular weight is 424 g/mol. The highest BCUT2D eigenvalue weighted by Crippen LogP contribution is 2.31.